The first-order valence-electron chi connectivity index (χ1n) is 9.30. The largest absolute Gasteiger partial charge is 0.350 e. The molecule has 3 aromatic heterocycles. The summed E-state index contributed by atoms with van der Waals surface area (Å²) in [5.74, 6) is 0.598. The highest BCUT2D eigenvalue weighted by atomic mass is 35.5. The van der Waals surface area contributed by atoms with Gasteiger partial charge in [-0.15, -0.1) is 12.4 Å². The van der Waals surface area contributed by atoms with E-state index in [2.05, 4.69) is 36.9 Å². The number of carbonyl (C=O) groups excluding carboxylic acids is 1. The Hall–Kier alpha value is -2.52. The van der Waals surface area contributed by atoms with Crippen LogP contribution in [0.1, 0.15) is 41.2 Å². The van der Waals surface area contributed by atoms with Gasteiger partial charge in [0.1, 0.15) is 6.33 Å². The average molecular weight is 405 g/mol. The summed E-state index contributed by atoms with van der Waals surface area (Å²) >= 11 is 0. The molecule has 0 aliphatic carbocycles. The van der Waals surface area contributed by atoms with Crippen LogP contribution in [0.25, 0.3) is 5.78 Å². The zero-order chi connectivity index (χ0) is 18.8. The van der Waals surface area contributed by atoms with Gasteiger partial charge < -0.3 is 10.6 Å². The molecular weight excluding hydrogens is 380 g/mol. The fourth-order valence-electron chi connectivity index (χ4n) is 3.54. The number of amides is 1. The third kappa shape index (κ3) is 4.15. The van der Waals surface area contributed by atoms with Crippen LogP contribution in [-0.2, 0) is 30.8 Å². The molecule has 0 aromatic carbocycles. The zero-order valence-electron chi connectivity index (χ0n) is 16.1. The Bertz CT molecular complexity index is 956. The fourth-order valence-corrected chi connectivity index (χ4v) is 3.54. The van der Waals surface area contributed by atoms with Gasteiger partial charge in [-0.1, -0.05) is 0 Å². The molecule has 10 heteroatoms. The van der Waals surface area contributed by atoms with Crippen LogP contribution in [0.15, 0.2) is 12.4 Å². The summed E-state index contributed by atoms with van der Waals surface area (Å²) in [6, 6.07) is 2.06. The van der Waals surface area contributed by atoms with E-state index in [4.69, 9.17) is 0 Å². The summed E-state index contributed by atoms with van der Waals surface area (Å²) in [5.41, 5.74) is 5.00. The monoisotopic (exact) mass is 404 g/mol. The minimum Gasteiger partial charge on any atom is -0.350 e. The van der Waals surface area contributed by atoms with Crippen molar-refractivity contribution >= 4 is 24.1 Å². The van der Waals surface area contributed by atoms with Crippen LogP contribution >= 0.6 is 12.4 Å². The Labute approximate surface area is 169 Å². The third-order valence-electron chi connectivity index (χ3n) is 5.00. The maximum atomic E-state index is 12.3. The first-order chi connectivity index (χ1) is 13.1. The summed E-state index contributed by atoms with van der Waals surface area (Å²) in [5, 5.41) is 15.1. The Balaban J connectivity index is 0.00000225. The van der Waals surface area contributed by atoms with Gasteiger partial charge in [-0.05, 0) is 44.9 Å². The number of carbonyl (C=O) groups is 1. The van der Waals surface area contributed by atoms with E-state index in [0.717, 1.165) is 48.7 Å². The van der Waals surface area contributed by atoms with E-state index in [-0.39, 0.29) is 18.3 Å². The average Bonchev–Trinajstić information content (AvgIpc) is 3.21. The van der Waals surface area contributed by atoms with Gasteiger partial charge in [-0.3, -0.25) is 9.48 Å². The smallest absolute Gasteiger partial charge is 0.252 e. The lowest BCUT2D eigenvalue weighted by Crippen LogP contribution is -2.24. The quantitative estimate of drug-likeness (QED) is 0.660. The molecule has 4 rings (SSSR count). The van der Waals surface area contributed by atoms with Crippen molar-refractivity contribution in [2.75, 3.05) is 6.54 Å². The predicted octanol–water partition coefficient (Wildman–Crippen LogP) is 1.10. The Morgan fingerprint density at radius 3 is 3.07 bits per heavy atom. The van der Waals surface area contributed by atoms with Crippen LogP contribution in [0.3, 0.4) is 0 Å². The van der Waals surface area contributed by atoms with Crippen molar-refractivity contribution in [3.63, 3.8) is 0 Å². The van der Waals surface area contributed by atoms with Gasteiger partial charge in [0.2, 0.25) is 5.91 Å². The van der Waals surface area contributed by atoms with Crippen molar-refractivity contribution in [1.29, 1.82) is 0 Å². The normalized spacial score (nSPS) is 13.6. The number of aryl methyl sites for hydroxylation is 3. The molecular formula is C18H25ClN8O. The molecule has 150 valence electrons. The highest BCUT2D eigenvalue weighted by Gasteiger charge is 2.14. The highest BCUT2D eigenvalue weighted by molar-refractivity contribution is 5.85. The number of rotatable bonds is 5. The van der Waals surface area contributed by atoms with E-state index in [1.165, 1.54) is 12.0 Å². The zero-order valence-corrected chi connectivity index (χ0v) is 16.9. The lowest BCUT2D eigenvalue weighted by Gasteiger charge is -2.10. The van der Waals surface area contributed by atoms with Gasteiger partial charge in [-0.2, -0.15) is 15.2 Å². The highest BCUT2D eigenvalue weighted by Crippen LogP contribution is 2.15. The summed E-state index contributed by atoms with van der Waals surface area (Å²) in [4.78, 5) is 20.9. The Morgan fingerprint density at radius 2 is 2.21 bits per heavy atom. The first kappa shape index (κ1) is 20.2. The molecule has 2 N–H and O–H groups in total. The maximum Gasteiger partial charge on any atom is 0.252 e. The first-order valence-corrected chi connectivity index (χ1v) is 9.30. The van der Waals surface area contributed by atoms with Crippen LogP contribution in [0.4, 0.5) is 0 Å². The Kier molecular flexibility index (Phi) is 6.25. The van der Waals surface area contributed by atoms with Gasteiger partial charge in [-0.25, -0.2) is 9.50 Å². The standard InChI is InChI=1S/C18H24N8O.ClH/c1-12-16(13(2)26-18(23-12)21-11-22-26)4-5-17(27)20-9-14-8-15-10-19-6-3-7-25(15)24-14;/h8,11,19H,3-7,9-10H2,1-2H3,(H,20,27);1H. The van der Waals surface area contributed by atoms with Gasteiger partial charge in [0.15, 0.2) is 0 Å². The number of nitrogens with one attached hydrogen (secondary N) is 2. The molecule has 0 saturated heterocycles. The maximum absolute atomic E-state index is 12.3. The Morgan fingerprint density at radius 1 is 1.36 bits per heavy atom. The number of hydrogen-bond donors (Lipinski definition) is 2. The second-order valence-electron chi connectivity index (χ2n) is 6.89. The van der Waals surface area contributed by atoms with Gasteiger partial charge in [0, 0.05) is 30.9 Å². The number of hydrogen-bond acceptors (Lipinski definition) is 6. The minimum atomic E-state index is 0. The lowest BCUT2D eigenvalue weighted by molar-refractivity contribution is -0.121. The van der Waals surface area contributed by atoms with Gasteiger partial charge in [0.25, 0.3) is 5.78 Å². The summed E-state index contributed by atoms with van der Waals surface area (Å²) in [6.07, 6.45) is 3.59. The topological polar surface area (TPSA) is 102 Å². The molecule has 1 aliphatic heterocycles. The molecule has 0 saturated carbocycles. The van der Waals surface area contributed by atoms with Crippen LogP contribution < -0.4 is 10.6 Å². The molecule has 0 atom stereocenters. The second kappa shape index (κ2) is 8.66. The van der Waals surface area contributed by atoms with Crippen LogP contribution in [0.2, 0.25) is 0 Å². The summed E-state index contributed by atoms with van der Waals surface area (Å²) < 4.78 is 3.75. The van der Waals surface area contributed by atoms with Crippen molar-refractivity contribution in [3.05, 3.63) is 40.7 Å². The van der Waals surface area contributed by atoms with Crippen molar-refractivity contribution in [3.8, 4) is 0 Å². The third-order valence-corrected chi connectivity index (χ3v) is 5.00. The van der Waals surface area contributed by atoms with Gasteiger partial charge >= 0.3 is 0 Å². The lowest BCUT2D eigenvalue weighted by atomic mass is 10.1. The predicted molar refractivity (Wildman–Crippen MR) is 106 cm³/mol. The molecule has 0 fully saturated rings. The molecule has 0 spiro atoms. The molecule has 1 amide bonds. The number of nitrogens with zero attached hydrogens (tertiary/aromatic N) is 6. The van der Waals surface area contributed by atoms with Crippen LogP contribution in [0, 0.1) is 13.8 Å². The molecule has 3 aromatic rings. The molecule has 0 bridgehead atoms. The van der Waals surface area contributed by atoms with Crippen LogP contribution in [-0.4, -0.2) is 41.8 Å². The summed E-state index contributed by atoms with van der Waals surface area (Å²) in [7, 11) is 0. The van der Waals surface area contributed by atoms with E-state index >= 15 is 0 Å². The van der Waals surface area contributed by atoms with E-state index in [0.29, 0.717) is 25.2 Å². The number of fused-ring (bicyclic) bond motifs is 2. The second-order valence-corrected chi connectivity index (χ2v) is 6.89. The number of halogens is 1. The van der Waals surface area contributed by atoms with E-state index < -0.39 is 0 Å². The molecule has 28 heavy (non-hydrogen) atoms. The van der Waals surface area contributed by atoms with Crippen LogP contribution in [0.5, 0.6) is 0 Å². The fraction of sp³-hybridized carbons (Fsp3) is 0.500. The summed E-state index contributed by atoms with van der Waals surface area (Å²) in [6.45, 7) is 7.15. The van der Waals surface area contributed by atoms with Crippen molar-refractivity contribution < 1.29 is 4.79 Å². The molecule has 9 nitrogen and oxygen atoms in total. The van der Waals surface area contributed by atoms with Crippen molar-refractivity contribution in [2.45, 2.75) is 52.7 Å². The molecule has 4 heterocycles. The van der Waals surface area contributed by atoms with Gasteiger partial charge in [0.05, 0.1) is 17.9 Å². The van der Waals surface area contributed by atoms with E-state index in [1.54, 1.807) is 4.52 Å². The molecule has 0 unspecified atom stereocenters. The van der Waals surface area contributed by atoms with Crippen molar-refractivity contribution in [2.24, 2.45) is 0 Å². The SMILES string of the molecule is Cc1nc2ncnn2c(C)c1CCC(=O)NCc1cc2n(n1)CCCNC2.Cl. The molecule has 0 radical (unpaired) electrons. The van der Waals surface area contributed by atoms with Crippen molar-refractivity contribution in [1.82, 2.24) is 40.0 Å². The van der Waals surface area contributed by atoms with E-state index in [1.807, 2.05) is 18.5 Å². The molecule has 1 aliphatic rings. The number of aromatic nitrogens is 6. The van der Waals surface area contributed by atoms with E-state index in [9.17, 15) is 4.79 Å². The minimum absolute atomic E-state index is 0.